The largest absolute Gasteiger partial charge is 0.481 e. The lowest BCUT2D eigenvalue weighted by molar-refractivity contribution is -0.167. The van der Waals surface area contributed by atoms with Gasteiger partial charge in [-0.05, 0) is 114 Å². The molecule has 1 N–H and O–H groups in total. The van der Waals surface area contributed by atoms with Crippen LogP contribution in [0.5, 0.6) is 0 Å². The van der Waals surface area contributed by atoms with Crippen molar-refractivity contribution in [2.75, 3.05) is 11.5 Å². The second-order valence-electron chi connectivity index (χ2n) is 15.9. The van der Waals surface area contributed by atoms with Crippen LogP contribution >= 0.6 is 11.8 Å². The molecular formula is C36H64O3S. The smallest absolute Gasteiger partial charge is 0.307 e. The number of rotatable bonds is 14. The van der Waals surface area contributed by atoms with Crippen molar-refractivity contribution < 1.29 is 14.7 Å². The van der Waals surface area contributed by atoms with Crippen LogP contribution in [-0.4, -0.2) is 28.4 Å². The summed E-state index contributed by atoms with van der Waals surface area (Å²) in [4.78, 5) is 24.3. The van der Waals surface area contributed by atoms with Gasteiger partial charge in [0, 0.05) is 18.6 Å². The summed E-state index contributed by atoms with van der Waals surface area (Å²) in [6.07, 6.45) is 4.84. The molecule has 11 atom stereocenters. The standard InChI is InChI=1S/C36H64O3S/c1-12-26(37)13-25(36(38)39)17-40-18-33-34-29(23(10)19(2)3)15-30(24(11)20(4)5)35(33)32-16-31(34)27(21(6)7)14-28(32)22(8)9/h19-25,27-35H,12-18H2,1-11H3,(H,38,39). The molecule has 3 aliphatic rings. The first-order valence-corrected chi connectivity index (χ1v) is 18.2. The number of hydrogen-bond acceptors (Lipinski definition) is 3. The van der Waals surface area contributed by atoms with Crippen LogP contribution in [0.3, 0.4) is 0 Å². The molecule has 40 heavy (non-hydrogen) atoms. The molecule has 3 fully saturated rings. The monoisotopic (exact) mass is 576 g/mol. The summed E-state index contributed by atoms with van der Waals surface area (Å²) < 4.78 is 0. The van der Waals surface area contributed by atoms with Crippen LogP contribution in [0, 0.1) is 94.7 Å². The summed E-state index contributed by atoms with van der Waals surface area (Å²) in [6, 6.07) is 0. The van der Waals surface area contributed by atoms with Crippen LogP contribution in [0.25, 0.3) is 0 Å². The van der Waals surface area contributed by atoms with Gasteiger partial charge in [0.2, 0.25) is 0 Å². The van der Waals surface area contributed by atoms with Crippen molar-refractivity contribution >= 4 is 23.5 Å². The van der Waals surface area contributed by atoms with Crippen molar-refractivity contribution in [3.63, 3.8) is 0 Å². The fourth-order valence-corrected chi connectivity index (χ4v) is 11.3. The van der Waals surface area contributed by atoms with E-state index in [1.54, 1.807) is 0 Å². The van der Waals surface area contributed by atoms with E-state index in [0.29, 0.717) is 41.8 Å². The van der Waals surface area contributed by atoms with Gasteiger partial charge in [0.25, 0.3) is 0 Å². The van der Waals surface area contributed by atoms with Crippen LogP contribution in [0.2, 0.25) is 0 Å². The van der Waals surface area contributed by atoms with Crippen molar-refractivity contribution in [3.05, 3.63) is 0 Å². The lowest BCUT2D eigenvalue weighted by Gasteiger charge is -2.66. The maximum absolute atomic E-state index is 12.2. The van der Waals surface area contributed by atoms with Gasteiger partial charge in [-0.25, -0.2) is 0 Å². The Bertz CT molecular complexity index is 790. The number of ketones is 1. The summed E-state index contributed by atoms with van der Waals surface area (Å²) >= 11 is 1.87. The van der Waals surface area contributed by atoms with Crippen LogP contribution in [0.4, 0.5) is 0 Å². The maximum atomic E-state index is 12.2. The van der Waals surface area contributed by atoms with Crippen molar-refractivity contribution in [1.82, 2.24) is 0 Å². The van der Waals surface area contributed by atoms with E-state index in [2.05, 4.69) is 69.2 Å². The van der Waals surface area contributed by atoms with Crippen molar-refractivity contribution in [2.45, 2.75) is 108 Å². The SMILES string of the molecule is CCC(=O)CC(CSCC1C2C(C(C)C(C)C)CC(C(C)C(C)C)C1C1CC2C(C(C)C)CC1C(C)C)C(=O)O. The van der Waals surface area contributed by atoms with Crippen LogP contribution in [0.1, 0.15) is 108 Å². The molecule has 0 aromatic rings. The molecule has 11 unspecified atom stereocenters. The quantitative estimate of drug-likeness (QED) is 0.224. The molecule has 0 aliphatic heterocycles. The van der Waals surface area contributed by atoms with Gasteiger partial charge in [-0.1, -0.05) is 76.2 Å². The fraction of sp³-hybridized carbons (Fsp3) is 0.944. The van der Waals surface area contributed by atoms with E-state index in [1.165, 1.54) is 19.3 Å². The Labute approximate surface area is 252 Å². The highest BCUT2D eigenvalue weighted by Crippen LogP contribution is 2.66. The Kier molecular flexibility index (Phi) is 12.2. The third-order valence-corrected chi connectivity index (χ3v) is 14.0. The molecule has 0 heterocycles. The molecule has 0 amide bonds. The zero-order valence-corrected chi connectivity index (χ0v) is 28.7. The van der Waals surface area contributed by atoms with Crippen LogP contribution in [0.15, 0.2) is 0 Å². The number of carbonyl (C=O) groups is 2. The summed E-state index contributed by atoms with van der Waals surface area (Å²) in [6.45, 7) is 26.6. The van der Waals surface area contributed by atoms with Crippen LogP contribution < -0.4 is 0 Å². The van der Waals surface area contributed by atoms with Gasteiger partial charge in [-0.2, -0.15) is 11.8 Å². The number of Topliss-reactive ketones (excluding diaryl/α,β-unsaturated/α-hetero) is 1. The van der Waals surface area contributed by atoms with Crippen molar-refractivity contribution in [2.24, 2.45) is 94.7 Å². The molecule has 0 radical (unpaired) electrons. The van der Waals surface area contributed by atoms with Gasteiger partial charge >= 0.3 is 5.97 Å². The van der Waals surface area contributed by atoms with E-state index in [1.807, 2.05) is 18.7 Å². The Morgan fingerprint density at radius 1 is 0.725 bits per heavy atom. The molecule has 4 heteroatoms. The highest BCUT2D eigenvalue weighted by molar-refractivity contribution is 7.99. The lowest BCUT2D eigenvalue weighted by Crippen LogP contribution is -2.60. The normalized spacial score (nSPS) is 36.2. The number of carbonyl (C=O) groups excluding carboxylic acids is 1. The van der Waals surface area contributed by atoms with E-state index in [0.717, 1.165) is 64.9 Å². The average Bonchev–Trinajstić information content (AvgIpc) is 2.88. The second-order valence-corrected chi connectivity index (χ2v) is 16.9. The zero-order chi connectivity index (χ0) is 30.0. The van der Waals surface area contributed by atoms with E-state index in [4.69, 9.17) is 0 Å². The van der Waals surface area contributed by atoms with Gasteiger partial charge in [0.05, 0.1) is 5.92 Å². The Hall–Kier alpha value is -0.510. The van der Waals surface area contributed by atoms with E-state index >= 15 is 0 Å². The zero-order valence-electron chi connectivity index (χ0n) is 27.9. The minimum atomic E-state index is -0.799. The lowest BCUT2D eigenvalue weighted by atomic mass is 9.40. The summed E-state index contributed by atoms with van der Waals surface area (Å²) in [5, 5.41) is 9.93. The summed E-state index contributed by atoms with van der Waals surface area (Å²) in [5.41, 5.74) is 0. The minimum absolute atomic E-state index is 0.0771. The molecule has 3 aliphatic carbocycles. The van der Waals surface area contributed by atoms with Crippen molar-refractivity contribution in [3.8, 4) is 0 Å². The van der Waals surface area contributed by atoms with Gasteiger partial charge in [0.1, 0.15) is 5.78 Å². The predicted molar refractivity (Wildman–Crippen MR) is 171 cm³/mol. The number of carboxylic acids is 1. The number of carboxylic acid groups (broad SMARTS) is 1. The summed E-state index contributed by atoms with van der Waals surface area (Å²) in [5.74, 6) is 11.5. The first-order chi connectivity index (χ1) is 18.7. The van der Waals surface area contributed by atoms with E-state index in [-0.39, 0.29) is 12.2 Å². The number of aliphatic carboxylic acids is 1. The van der Waals surface area contributed by atoms with Crippen LogP contribution in [-0.2, 0) is 9.59 Å². The molecular weight excluding hydrogens is 512 g/mol. The fourth-order valence-electron chi connectivity index (χ4n) is 9.86. The predicted octanol–water partition coefficient (Wildman–Crippen LogP) is 9.44. The third kappa shape index (κ3) is 7.16. The number of fused-ring (bicyclic) bond motifs is 6. The molecule has 3 saturated carbocycles. The maximum Gasteiger partial charge on any atom is 0.307 e. The van der Waals surface area contributed by atoms with E-state index in [9.17, 15) is 14.7 Å². The van der Waals surface area contributed by atoms with Gasteiger partial charge < -0.3 is 5.11 Å². The molecule has 4 bridgehead atoms. The second kappa shape index (κ2) is 14.3. The average molecular weight is 577 g/mol. The highest BCUT2D eigenvalue weighted by Gasteiger charge is 2.60. The Morgan fingerprint density at radius 2 is 1.18 bits per heavy atom. The molecule has 3 rings (SSSR count). The van der Waals surface area contributed by atoms with Gasteiger partial charge in [-0.15, -0.1) is 0 Å². The van der Waals surface area contributed by atoms with Gasteiger partial charge in [0.15, 0.2) is 0 Å². The minimum Gasteiger partial charge on any atom is -0.481 e. The number of hydrogen-bond donors (Lipinski definition) is 1. The Balaban J connectivity index is 2.05. The molecule has 0 aromatic carbocycles. The molecule has 3 nitrogen and oxygen atoms in total. The van der Waals surface area contributed by atoms with Crippen molar-refractivity contribution in [1.29, 1.82) is 0 Å². The summed E-state index contributed by atoms with van der Waals surface area (Å²) in [7, 11) is 0. The molecule has 0 aromatic heterocycles. The number of thioether (sulfide) groups is 1. The van der Waals surface area contributed by atoms with E-state index < -0.39 is 11.9 Å². The topological polar surface area (TPSA) is 54.4 Å². The molecule has 0 saturated heterocycles. The first-order valence-electron chi connectivity index (χ1n) is 17.0. The van der Waals surface area contributed by atoms with Gasteiger partial charge in [-0.3, -0.25) is 9.59 Å². The third-order valence-electron chi connectivity index (χ3n) is 12.7. The molecule has 232 valence electrons. The molecule has 0 spiro atoms. The first kappa shape index (κ1) is 34.0. The Morgan fingerprint density at radius 3 is 1.55 bits per heavy atom. The highest BCUT2D eigenvalue weighted by atomic mass is 32.2.